The molecular formula is C16H25NO2. The van der Waals surface area contributed by atoms with Crippen molar-refractivity contribution in [3.8, 4) is 5.75 Å². The number of amides is 1. The van der Waals surface area contributed by atoms with Crippen molar-refractivity contribution in [3.05, 3.63) is 29.8 Å². The molecule has 0 saturated carbocycles. The van der Waals surface area contributed by atoms with E-state index in [2.05, 4.69) is 12.2 Å². The van der Waals surface area contributed by atoms with Gasteiger partial charge in [0, 0.05) is 13.0 Å². The molecule has 0 spiro atoms. The Labute approximate surface area is 116 Å². The second kappa shape index (κ2) is 9.42. The predicted molar refractivity (Wildman–Crippen MR) is 78.2 cm³/mol. The lowest BCUT2D eigenvalue weighted by Crippen LogP contribution is -2.22. The third kappa shape index (κ3) is 6.85. The Morgan fingerprint density at radius 1 is 1.11 bits per heavy atom. The van der Waals surface area contributed by atoms with Crippen molar-refractivity contribution in [1.29, 1.82) is 0 Å². The minimum atomic E-state index is 0.146. The number of methoxy groups -OCH3 is 1. The molecule has 1 rings (SSSR count). The Kier molecular flexibility index (Phi) is 7.71. The van der Waals surface area contributed by atoms with Gasteiger partial charge in [0.1, 0.15) is 5.75 Å². The summed E-state index contributed by atoms with van der Waals surface area (Å²) in [5, 5.41) is 2.95. The van der Waals surface area contributed by atoms with Gasteiger partial charge in [0.2, 0.25) is 5.91 Å². The summed E-state index contributed by atoms with van der Waals surface area (Å²) in [6.45, 7) is 2.79. The molecule has 0 heterocycles. The Hall–Kier alpha value is -1.51. The standard InChI is InChI=1S/C16H25NO2/c1-3-4-5-6-7-8-16(18)17-13-14-9-11-15(19-2)12-10-14/h9-12H,3-8,13H2,1-2H3,(H,17,18). The van der Waals surface area contributed by atoms with E-state index in [0.29, 0.717) is 13.0 Å². The van der Waals surface area contributed by atoms with Gasteiger partial charge in [0.15, 0.2) is 0 Å². The maximum atomic E-state index is 11.6. The Balaban J connectivity index is 2.15. The highest BCUT2D eigenvalue weighted by molar-refractivity contribution is 5.75. The van der Waals surface area contributed by atoms with Crippen LogP contribution < -0.4 is 10.1 Å². The maximum Gasteiger partial charge on any atom is 0.220 e. The van der Waals surface area contributed by atoms with E-state index in [4.69, 9.17) is 4.74 Å². The number of nitrogens with one attached hydrogen (secondary N) is 1. The van der Waals surface area contributed by atoms with Gasteiger partial charge in [-0.2, -0.15) is 0 Å². The number of unbranched alkanes of at least 4 members (excludes halogenated alkanes) is 4. The zero-order valence-electron chi connectivity index (χ0n) is 12.1. The first kappa shape index (κ1) is 15.5. The molecule has 3 heteroatoms. The molecule has 1 amide bonds. The number of carbonyl (C=O) groups is 1. The lowest BCUT2D eigenvalue weighted by Gasteiger charge is -2.06. The molecule has 0 unspecified atom stereocenters. The van der Waals surface area contributed by atoms with Crippen LogP contribution in [0, 0.1) is 0 Å². The molecule has 0 aliphatic carbocycles. The number of ether oxygens (including phenoxy) is 1. The fourth-order valence-corrected chi connectivity index (χ4v) is 1.92. The highest BCUT2D eigenvalue weighted by atomic mass is 16.5. The van der Waals surface area contributed by atoms with Gasteiger partial charge in [-0.3, -0.25) is 4.79 Å². The van der Waals surface area contributed by atoms with Gasteiger partial charge in [0.05, 0.1) is 7.11 Å². The van der Waals surface area contributed by atoms with Crippen LogP contribution in [0.2, 0.25) is 0 Å². The molecule has 106 valence electrons. The van der Waals surface area contributed by atoms with Crippen LogP contribution in [0.25, 0.3) is 0 Å². The van der Waals surface area contributed by atoms with Crippen molar-refractivity contribution >= 4 is 5.91 Å². The van der Waals surface area contributed by atoms with Crippen molar-refractivity contribution in [2.45, 2.75) is 52.0 Å². The lowest BCUT2D eigenvalue weighted by atomic mass is 10.1. The molecule has 0 aromatic heterocycles. The van der Waals surface area contributed by atoms with Crippen molar-refractivity contribution in [3.63, 3.8) is 0 Å². The Morgan fingerprint density at radius 3 is 2.42 bits per heavy atom. The number of hydrogen-bond acceptors (Lipinski definition) is 2. The summed E-state index contributed by atoms with van der Waals surface area (Å²) in [7, 11) is 1.65. The minimum Gasteiger partial charge on any atom is -0.497 e. The van der Waals surface area contributed by atoms with Crippen LogP contribution in [-0.2, 0) is 11.3 Å². The molecule has 0 fully saturated rings. The summed E-state index contributed by atoms with van der Waals surface area (Å²) >= 11 is 0. The summed E-state index contributed by atoms with van der Waals surface area (Å²) < 4.78 is 5.09. The van der Waals surface area contributed by atoms with E-state index >= 15 is 0 Å². The van der Waals surface area contributed by atoms with Crippen LogP contribution >= 0.6 is 0 Å². The molecule has 0 radical (unpaired) electrons. The topological polar surface area (TPSA) is 38.3 Å². The average Bonchev–Trinajstić information content (AvgIpc) is 2.45. The first-order chi connectivity index (χ1) is 9.26. The van der Waals surface area contributed by atoms with Gasteiger partial charge < -0.3 is 10.1 Å². The third-order valence-electron chi connectivity index (χ3n) is 3.16. The molecule has 0 aliphatic heterocycles. The molecule has 1 N–H and O–H groups in total. The fraction of sp³-hybridized carbons (Fsp3) is 0.562. The van der Waals surface area contributed by atoms with Crippen molar-refractivity contribution in [1.82, 2.24) is 5.32 Å². The van der Waals surface area contributed by atoms with Gasteiger partial charge in [-0.15, -0.1) is 0 Å². The van der Waals surface area contributed by atoms with Gasteiger partial charge in [-0.05, 0) is 24.1 Å². The molecule has 1 aromatic rings. The maximum absolute atomic E-state index is 11.6. The normalized spacial score (nSPS) is 10.2. The summed E-state index contributed by atoms with van der Waals surface area (Å²) in [5.41, 5.74) is 1.10. The molecule has 0 aliphatic rings. The van der Waals surface area contributed by atoms with E-state index in [0.717, 1.165) is 24.2 Å². The van der Waals surface area contributed by atoms with Gasteiger partial charge in [0.25, 0.3) is 0 Å². The zero-order valence-corrected chi connectivity index (χ0v) is 12.1. The molecule has 0 saturated heterocycles. The van der Waals surface area contributed by atoms with Crippen LogP contribution in [0.1, 0.15) is 51.0 Å². The number of carbonyl (C=O) groups excluding carboxylic acids is 1. The number of benzene rings is 1. The smallest absolute Gasteiger partial charge is 0.220 e. The van der Waals surface area contributed by atoms with Gasteiger partial charge >= 0.3 is 0 Å². The minimum absolute atomic E-state index is 0.146. The summed E-state index contributed by atoms with van der Waals surface area (Å²) in [5.74, 6) is 0.985. The second-order valence-electron chi connectivity index (χ2n) is 4.79. The Bertz CT molecular complexity index is 360. The predicted octanol–water partition coefficient (Wildman–Crippen LogP) is 3.67. The zero-order chi connectivity index (χ0) is 13.9. The molecular weight excluding hydrogens is 238 g/mol. The van der Waals surface area contributed by atoms with Crippen LogP contribution in [0.4, 0.5) is 0 Å². The van der Waals surface area contributed by atoms with E-state index in [1.807, 2.05) is 24.3 Å². The van der Waals surface area contributed by atoms with Crippen molar-refractivity contribution < 1.29 is 9.53 Å². The van der Waals surface area contributed by atoms with E-state index in [9.17, 15) is 4.79 Å². The molecule has 0 bridgehead atoms. The van der Waals surface area contributed by atoms with Crippen LogP contribution in [-0.4, -0.2) is 13.0 Å². The number of hydrogen-bond donors (Lipinski definition) is 1. The number of rotatable bonds is 9. The quantitative estimate of drug-likeness (QED) is 0.690. The molecule has 19 heavy (non-hydrogen) atoms. The largest absolute Gasteiger partial charge is 0.497 e. The van der Waals surface area contributed by atoms with E-state index in [1.165, 1.54) is 19.3 Å². The first-order valence-corrected chi connectivity index (χ1v) is 7.16. The van der Waals surface area contributed by atoms with E-state index in [1.54, 1.807) is 7.11 Å². The molecule has 0 atom stereocenters. The third-order valence-corrected chi connectivity index (χ3v) is 3.16. The Morgan fingerprint density at radius 2 is 1.79 bits per heavy atom. The SMILES string of the molecule is CCCCCCCC(=O)NCc1ccc(OC)cc1. The van der Waals surface area contributed by atoms with Crippen LogP contribution in [0.3, 0.4) is 0 Å². The molecule has 3 nitrogen and oxygen atoms in total. The lowest BCUT2D eigenvalue weighted by molar-refractivity contribution is -0.121. The summed E-state index contributed by atoms with van der Waals surface area (Å²) in [6, 6.07) is 7.76. The van der Waals surface area contributed by atoms with E-state index in [-0.39, 0.29) is 5.91 Å². The van der Waals surface area contributed by atoms with Crippen LogP contribution in [0.15, 0.2) is 24.3 Å². The van der Waals surface area contributed by atoms with Gasteiger partial charge in [-0.25, -0.2) is 0 Å². The van der Waals surface area contributed by atoms with Gasteiger partial charge in [-0.1, -0.05) is 44.7 Å². The fourth-order valence-electron chi connectivity index (χ4n) is 1.92. The van der Waals surface area contributed by atoms with Crippen LogP contribution in [0.5, 0.6) is 5.75 Å². The van der Waals surface area contributed by atoms with Crippen molar-refractivity contribution in [2.75, 3.05) is 7.11 Å². The highest BCUT2D eigenvalue weighted by Gasteiger charge is 2.01. The summed E-state index contributed by atoms with van der Waals surface area (Å²) in [4.78, 5) is 11.6. The second-order valence-corrected chi connectivity index (χ2v) is 4.79. The average molecular weight is 263 g/mol. The summed E-state index contributed by atoms with van der Waals surface area (Å²) in [6.07, 6.45) is 6.54. The highest BCUT2D eigenvalue weighted by Crippen LogP contribution is 2.11. The van der Waals surface area contributed by atoms with E-state index < -0.39 is 0 Å². The van der Waals surface area contributed by atoms with Crippen molar-refractivity contribution in [2.24, 2.45) is 0 Å². The molecule has 1 aromatic carbocycles. The first-order valence-electron chi connectivity index (χ1n) is 7.16. The monoisotopic (exact) mass is 263 g/mol.